The molecule has 5 nitrogen and oxygen atoms in total. The minimum Gasteiger partial charge on any atom is -0.352 e. The summed E-state index contributed by atoms with van der Waals surface area (Å²) in [6.45, 7) is 2.36. The van der Waals surface area contributed by atoms with Crippen LogP contribution < -0.4 is 10.2 Å². The van der Waals surface area contributed by atoms with Crippen molar-refractivity contribution in [3.05, 3.63) is 75.4 Å². The lowest BCUT2D eigenvalue weighted by atomic mass is 10.0. The van der Waals surface area contributed by atoms with E-state index >= 15 is 0 Å². The van der Waals surface area contributed by atoms with Crippen molar-refractivity contribution in [3.63, 3.8) is 0 Å². The van der Waals surface area contributed by atoms with Crippen LogP contribution in [0.4, 0.5) is 5.95 Å². The number of hydrogen-bond acceptors (Lipinski definition) is 4. The highest BCUT2D eigenvalue weighted by Gasteiger charge is 2.21. The summed E-state index contributed by atoms with van der Waals surface area (Å²) in [4.78, 5) is 24.0. The first-order chi connectivity index (χ1) is 14.3. The molecule has 30 heavy (non-hydrogen) atoms. The molecule has 0 atom stereocenters. The molecule has 0 fully saturated rings. The van der Waals surface area contributed by atoms with Gasteiger partial charge in [-0.2, -0.15) is 0 Å². The zero-order valence-corrected chi connectivity index (χ0v) is 18.8. The maximum absolute atomic E-state index is 13.1. The minimum atomic E-state index is -0.211. The summed E-state index contributed by atoms with van der Waals surface area (Å²) in [6.07, 6.45) is 1.73. The smallest absolute Gasteiger partial charge is 0.255 e. The van der Waals surface area contributed by atoms with Crippen LogP contribution in [0.15, 0.2) is 48.5 Å². The highest BCUT2D eigenvalue weighted by atomic mass is 35.5. The molecule has 3 rings (SSSR count). The lowest BCUT2D eigenvalue weighted by molar-refractivity contribution is 0.0952. The first-order valence-electron chi connectivity index (χ1n) is 9.69. The van der Waals surface area contributed by atoms with Crippen LogP contribution in [-0.4, -0.2) is 36.5 Å². The van der Waals surface area contributed by atoms with Crippen molar-refractivity contribution in [2.24, 2.45) is 0 Å². The molecule has 0 bridgehead atoms. The number of nitrogens with zero attached hydrogens (tertiary/aromatic N) is 3. The molecule has 2 aromatic carbocycles. The Morgan fingerprint density at radius 3 is 2.33 bits per heavy atom. The zero-order chi connectivity index (χ0) is 21.7. The van der Waals surface area contributed by atoms with Crippen molar-refractivity contribution >= 4 is 35.1 Å². The summed E-state index contributed by atoms with van der Waals surface area (Å²) >= 11 is 12.4. The van der Waals surface area contributed by atoms with Crippen LogP contribution in [0, 0.1) is 6.92 Å². The quantitative estimate of drug-likeness (QED) is 0.511. The molecular formula is C23H24Cl2N4O. The number of anilines is 1. The average Bonchev–Trinajstić information content (AvgIpc) is 2.70. The predicted molar refractivity (Wildman–Crippen MR) is 124 cm³/mol. The van der Waals surface area contributed by atoms with Gasteiger partial charge in [-0.25, -0.2) is 9.97 Å². The standard InChI is InChI=1S/C23H24Cl2N4O/c1-15-20(22(30)26-11-7-10-16-8-5-4-6-9-16)21(28-23(27-15)29(2)3)17-12-18(24)14-19(25)13-17/h4-6,8-9,12-14H,7,10-11H2,1-3H3,(H,26,30). The van der Waals surface area contributed by atoms with Crippen LogP contribution in [0.2, 0.25) is 10.0 Å². The van der Waals surface area contributed by atoms with Gasteiger partial charge < -0.3 is 10.2 Å². The van der Waals surface area contributed by atoms with Crippen molar-refractivity contribution in [2.75, 3.05) is 25.5 Å². The van der Waals surface area contributed by atoms with Crippen LogP contribution >= 0.6 is 23.2 Å². The monoisotopic (exact) mass is 442 g/mol. The van der Waals surface area contributed by atoms with E-state index in [1.54, 1.807) is 23.1 Å². The van der Waals surface area contributed by atoms with Gasteiger partial charge in [-0.05, 0) is 43.5 Å². The van der Waals surface area contributed by atoms with Crippen molar-refractivity contribution < 1.29 is 4.79 Å². The Kier molecular flexibility index (Phi) is 7.29. The number of aromatic nitrogens is 2. The molecular weight excluding hydrogens is 419 g/mol. The number of nitrogens with one attached hydrogen (secondary N) is 1. The molecule has 0 aliphatic rings. The fourth-order valence-corrected chi connectivity index (χ4v) is 3.68. The van der Waals surface area contributed by atoms with Crippen LogP contribution in [0.25, 0.3) is 11.3 Å². The predicted octanol–water partition coefficient (Wildman–Crippen LogP) is 5.19. The van der Waals surface area contributed by atoms with Gasteiger partial charge >= 0.3 is 0 Å². The minimum absolute atomic E-state index is 0.211. The number of amides is 1. The van der Waals surface area contributed by atoms with Crippen LogP contribution in [0.5, 0.6) is 0 Å². The molecule has 1 amide bonds. The van der Waals surface area contributed by atoms with Gasteiger partial charge in [0.15, 0.2) is 0 Å². The van der Waals surface area contributed by atoms with E-state index in [1.165, 1.54) is 5.56 Å². The molecule has 0 saturated heterocycles. The van der Waals surface area contributed by atoms with Gasteiger partial charge in [-0.1, -0.05) is 53.5 Å². The van der Waals surface area contributed by atoms with E-state index in [0.717, 1.165) is 12.8 Å². The second-order valence-corrected chi connectivity index (χ2v) is 8.10. The molecule has 0 unspecified atom stereocenters. The molecule has 0 saturated carbocycles. The third-order valence-corrected chi connectivity index (χ3v) is 5.05. The van der Waals surface area contributed by atoms with Crippen molar-refractivity contribution in [2.45, 2.75) is 19.8 Å². The topological polar surface area (TPSA) is 58.1 Å². The van der Waals surface area contributed by atoms with Crippen molar-refractivity contribution in [1.29, 1.82) is 0 Å². The van der Waals surface area contributed by atoms with Crippen LogP contribution in [0.3, 0.4) is 0 Å². The molecule has 0 radical (unpaired) electrons. The molecule has 7 heteroatoms. The van der Waals surface area contributed by atoms with Gasteiger partial charge in [-0.3, -0.25) is 4.79 Å². The third-order valence-electron chi connectivity index (χ3n) is 4.61. The van der Waals surface area contributed by atoms with Crippen LogP contribution in [-0.2, 0) is 6.42 Å². The maximum atomic E-state index is 13.1. The Balaban J connectivity index is 1.86. The Morgan fingerprint density at radius 2 is 1.70 bits per heavy atom. The molecule has 1 heterocycles. The van der Waals surface area contributed by atoms with Crippen molar-refractivity contribution in [1.82, 2.24) is 15.3 Å². The van der Waals surface area contributed by atoms with E-state index in [2.05, 4.69) is 27.4 Å². The average molecular weight is 443 g/mol. The Hall–Kier alpha value is -2.63. The van der Waals surface area contributed by atoms with E-state index in [1.807, 2.05) is 39.2 Å². The number of benzene rings is 2. The summed E-state index contributed by atoms with van der Waals surface area (Å²) < 4.78 is 0. The van der Waals surface area contributed by atoms with Gasteiger partial charge in [-0.15, -0.1) is 0 Å². The van der Waals surface area contributed by atoms with Crippen LogP contribution in [0.1, 0.15) is 28.0 Å². The fraction of sp³-hybridized carbons (Fsp3) is 0.261. The van der Waals surface area contributed by atoms with Crippen molar-refractivity contribution in [3.8, 4) is 11.3 Å². The Labute approximate surface area is 187 Å². The van der Waals surface area contributed by atoms with E-state index < -0.39 is 0 Å². The summed E-state index contributed by atoms with van der Waals surface area (Å²) in [5.74, 6) is 0.302. The van der Waals surface area contributed by atoms with Gasteiger partial charge in [0.2, 0.25) is 5.95 Å². The normalized spacial score (nSPS) is 10.7. The lowest BCUT2D eigenvalue weighted by Gasteiger charge is -2.17. The van der Waals surface area contributed by atoms with Gasteiger partial charge in [0.25, 0.3) is 5.91 Å². The highest BCUT2D eigenvalue weighted by Crippen LogP contribution is 2.30. The second kappa shape index (κ2) is 9.92. The van der Waals surface area contributed by atoms with E-state index in [-0.39, 0.29) is 5.91 Å². The molecule has 0 aliphatic carbocycles. The zero-order valence-electron chi connectivity index (χ0n) is 17.2. The fourth-order valence-electron chi connectivity index (χ4n) is 3.16. The number of hydrogen-bond donors (Lipinski definition) is 1. The summed E-state index contributed by atoms with van der Waals surface area (Å²) in [5, 5.41) is 3.96. The summed E-state index contributed by atoms with van der Waals surface area (Å²) in [6, 6.07) is 15.3. The molecule has 156 valence electrons. The second-order valence-electron chi connectivity index (χ2n) is 7.23. The Morgan fingerprint density at radius 1 is 1.03 bits per heavy atom. The highest BCUT2D eigenvalue weighted by molar-refractivity contribution is 6.35. The molecule has 0 spiro atoms. The molecule has 3 aromatic rings. The molecule has 1 aromatic heterocycles. The number of rotatable bonds is 7. The van der Waals surface area contributed by atoms with Gasteiger partial charge in [0.05, 0.1) is 17.0 Å². The Bertz CT molecular complexity index is 1020. The SMILES string of the molecule is Cc1nc(N(C)C)nc(-c2cc(Cl)cc(Cl)c2)c1C(=O)NCCCc1ccccc1. The summed E-state index contributed by atoms with van der Waals surface area (Å²) in [5.41, 5.74) is 3.46. The van der Waals surface area contributed by atoms with E-state index in [0.29, 0.717) is 45.1 Å². The number of carbonyl (C=O) groups is 1. The molecule has 0 aliphatic heterocycles. The number of aryl methyl sites for hydroxylation is 2. The number of halogens is 2. The van der Waals surface area contributed by atoms with E-state index in [9.17, 15) is 4.79 Å². The van der Waals surface area contributed by atoms with Gasteiger partial charge in [0, 0.05) is 36.2 Å². The third kappa shape index (κ3) is 5.49. The van der Waals surface area contributed by atoms with E-state index in [4.69, 9.17) is 23.2 Å². The first kappa shape index (κ1) is 22.1. The van der Waals surface area contributed by atoms with Gasteiger partial charge in [0.1, 0.15) is 0 Å². The first-order valence-corrected chi connectivity index (χ1v) is 10.5. The summed E-state index contributed by atoms with van der Waals surface area (Å²) in [7, 11) is 3.71. The largest absolute Gasteiger partial charge is 0.352 e. The maximum Gasteiger partial charge on any atom is 0.255 e. The molecule has 1 N–H and O–H groups in total. The lowest BCUT2D eigenvalue weighted by Crippen LogP contribution is -2.27. The number of carbonyl (C=O) groups excluding carboxylic acids is 1.